The van der Waals surface area contributed by atoms with Gasteiger partial charge in [0.25, 0.3) is 5.56 Å². The first-order valence-electron chi connectivity index (χ1n) is 6.61. The molecule has 1 aromatic rings. The fraction of sp³-hybridized carbons (Fsp3) is 0.692. The third-order valence-electron chi connectivity index (χ3n) is 3.21. The van der Waals surface area contributed by atoms with Gasteiger partial charge in [-0.25, -0.2) is 4.98 Å². The summed E-state index contributed by atoms with van der Waals surface area (Å²) in [5, 5.41) is 3.11. The average molecular weight is 251 g/mol. The summed E-state index contributed by atoms with van der Waals surface area (Å²) in [6.07, 6.45) is 6.92. The number of ether oxygens (including phenoxy) is 1. The van der Waals surface area contributed by atoms with E-state index in [2.05, 4.69) is 10.3 Å². The Kier molecular flexibility index (Phi) is 4.36. The van der Waals surface area contributed by atoms with Crippen molar-refractivity contribution in [1.82, 2.24) is 9.55 Å². The molecule has 1 fully saturated rings. The smallest absolute Gasteiger partial charge is 0.293 e. The minimum atomic E-state index is -0.0557. The van der Waals surface area contributed by atoms with Gasteiger partial charge in [-0.15, -0.1) is 0 Å². The van der Waals surface area contributed by atoms with E-state index in [1.807, 2.05) is 13.8 Å². The Bertz CT molecular complexity index is 436. The lowest BCUT2D eigenvalue weighted by atomic mass is 10.2. The predicted molar refractivity (Wildman–Crippen MR) is 71.0 cm³/mol. The summed E-state index contributed by atoms with van der Waals surface area (Å²) in [4.78, 5) is 16.1. The largest absolute Gasteiger partial charge is 0.378 e. The maximum absolute atomic E-state index is 12.0. The molecule has 5 heteroatoms. The van der Waals surface area contributed by atoms with Gasteiger partial charge < -0.3 is 14.6 Å². The predicted octanol–water partition coefficient (Wildman–Crippen LogP) is 1.81. The zero-order chi connectivity index (χ0) is 13.0. The van der Waals surface area contributed by atoms with Crippen molar-refractivity contribution in [3.8, 4) is 0 Å². The molecule has 2 rings (SSSR count). The van der Waals surface area contributed by atoms with Crippen molar-refractivity contribution >= 4 is 5.82 Å². The summed E-state index contributed by atoms with van der Waals surface area (Å²) in [6, 6.07) is 0.152. The summed E-state index contributed by atoms with van der Waals surface area (Å²) >= 11 is 0. The second-order valence-electron chi connectivity index (χ2n) is 4.93. The molecule has 1 atom stereocenters. The number of aromatic nitrogens is 2. The lowest BCUT2D eigenvalue weighted by Crippen LogP contribution is -2.26. The van der Waals surface area contributed by atoms with E-state index in [-0.39, 0.29) is 11.6 Å². The molecule has 0 aromatic carbocycles. The Labute approximate surface area is 107 Å². The Morgan fingerprint density at radius 2 is 2.44 bits per heavy atom. The Hall–Kier alpha value is -1.36. The molecular weight excluding hydrogens is 230 g/mol. The van der Waals surface area contributed by atoms with Crippen molar-refractivity contribution in [2.45, 2.75) is 45.3 Å². The van der Waals surface area contributed by atoms with Crippen LogP contribution in [0.15, 0.2) is 17.2 Å². The average Bonchev–Trinajstić information content (AvgIpc) is 2.84. The fourth-order valence-electron chi connectivity index (χ4n) is 2.18. The van der Waals surface area contributed by atoms with Crippen molar-refractivity contribution in [1.29, 1.82) is 0 Å². The van der Waals surface area contributed by atoms with Gasteiger partial charge in [0.1, 0.15) is 0 Å². The molecule has 18 heavy (non-hydrogen) atoms. The molecule has 0 bridgehead atoms. The van der Waals surface area contributed by atoms with Crippen LogP contribution in [-0.4, -0.2) is 28.8 Å². The van der Waals surface area contributed by atoms with Crippen molar-refractivity contribution in [3.63, 3.8) is 0 Å². The molecule has 1 aromatic heterocycles. The quantitative estimate of drug-likeness (QED) is 0.867. The SMILES string of the molecule is CC(C)n1ccnc(NCCC2CCCO2)c1=O. The van der Waals surface area contributed by atoms with Crippen LogP contribution >= 0.6 is 0 Å². The second kappa shape index (κ2) is 6.00. The molecule has 1 aliphatic rings. The van der Waals surface area contributed by atoms with E-state index in [9.17, 15) is 4.79 Å². The van der Waals surface area contributed by atoms with Crippen molar-refractivity contribution in [3.05, 3.63) is 22.7 Å². The number of nitrogens with one attached hydrogen (secondary N) is 1. The van der Waals surface area contributed by atoms with Crippen LogP contribution in [-0.2, 0) is 4.74 Å². The number of rotatable bonds is 5. The zero-order valence-electron chi connectivity index (χ0n) is 11.1. The summed E-state index contributed by atoms with van der Waals surface area (Å²) in [7, 11) is 0. The van der Waals surface area contributed by atoms with E-state index in [4.69, 9.17) is 4.74 Å². The van der Waals surface area contributed by atoms with Gasteiger partial charge in [0, 0.05) is 31.6 Å². The lowest BCUT2D eigenvalue weighted by molar-refractivity contribution is 0.107. The first kappa shape index (κ1) is 13.1. The third-order valence-corrected chi connectivity index (χ3v) is 3.21. The second-order valence-corrected chi connectivity index (χ2v) is 4.93. The van der Waals surface area contributed by atoms with Crippen LogP contribution in [0.1, 0.15) is 39.2 Å². The zero-order valence-corrected chi connectivity index (χ0v) is 11.1. The molecule has 2 heterocycles. The summed E-state index contributed by atoms with van der Waals surface area (Å²) in [5.41, 5.74) is -0.0557. The maximum atomic E-state index is 12.0. The first-order chi connectivity index (χ1) is 8.68. The van der Waals surface area contributed by atoms with Crippen LogP contribution in [0, 0.1) is 0 Å². The molecule has 0 saturated carbocycles. The van der Waals surface area contributed by atoms with Crippen LogP contribution in [0.5, 0.6) is 0 Å². The molecule has 1 aliphatic heterocycles. The molecular formula is C13H21N3O2. The van der Waals surface area contributed by atoms with Gasteiger partial charge >= 0.3 is 0 Å². The van der Waals surface area contributed by atoms with Gasteiger partial charge in [0.15, 0.2) is 5.82 Å². The van der Waals surface area contributed by atoms with Gasteiger partial charge in [-0.05, 0) is 33.1 Å². The van der Waals surface area contributed by atoms with Gasteiger partial charge in [-0.3, -0.25) is 4.79 Å². The fourth-order valence-corrected chi connectivity index (χ4v) is 2.18. The highest BCUT2D eigenvalue weighted by Crippen LogP contribution is 2.14. The van der Waals surface area contributed by atoms with Crippen molar-refractivity contribution in [2.75, 3.05) is 18.5 Å². The molecule has 0 radical (unpaired) electrons. The number of nitrogens with zero attached hydrogens (tertiary/aromatic N) is 2. The summed E-state index contributed by atoms with van der Waals surface area (Å²) in [5.74, 6) is 0.434. The number of anilines is 1. The summed E-state index contributed by atoms with van der Waals surface area (Å²) < 4.78 is 7.22. The van der Waals surface area contributed by atoms with Crippen LogP contribution in [0.3, 0.4) is 0 Å². The minimum Gasteiger partial charge on any atom is -0.378 e. The Morgan fingerprint density at radius 3 is 3.11 bits per heavy atom. The highest BCUT2D eigenvalue weighted by Gasteiger charge is 2.15. The topological polar surface area (TPSA) is 56.1 Å². The molecule has 0 amide bonds. The molecule has 5 nitrogen and oxygen atoms in total. The van der Waals surface area contributed by atoms with Gasteiger partial charge in [0.05, 0.1) is 6.10 Å². The van der Waals surface area contributed by atoms with E-state index in [0.29, 0.717) is 11.9 Å². The molecule has 1 N–H and O–H groups in total. The molecule has 1 unspecified atom stereocenters. The molecule has 100 valence electrons. The normalized spacial score (nSPS) is 19.4. The van der Waals surface area contributed by atoms with Gasteiger partial charge in [-0.2, -0.15) is 0 Å². The molecule has 0 aliphatic carbocycles. The van der Waals surface area contributed by atoms with E-state index in [1.54, 1.807) is 17.0 Å². The third kappa shape index (κ3) is 3.10. The minimum absolute atomic E-state index is 0.0557. The Balaban J connectivity index is 1.92. The monoisotopic (exact) mass is 251 g/mol. The highest BCUT2D eigenvalue weighted by molar-refractivity contribution is 5.30. The maximum Gasteiger partial charge on any atom is 0.293 e. The van der Waals surface area contributed by atoms with E-state index in [0.717, 1.165) is 32.4 Å². The van der Waals surface area contributed by atoms with Gasteiger partial charge in [-0.1, -0.05) is 0 Å². The summed E-state index contributed by atoms with van der Waals surface area (Å²) in [6.45, 7) is 5.57. The van der Waals surface area contributed by atoms with E-state index < -0.39 is 0 Å². The highest BCUT2D eigenvalue weighted by atomic mass is 16.5. The van der Waals surface area contributed by atoms with E-state index >= 15 is 0 Å². The van der Waals surface area contributed by atoms with Crippen LogP contribution in [0.4, 0.5) is 5.82 Å². The molecule has 0 spiro atoms. The molecule has 1 saturated heterocycles. The standard InChI is InChI=1S/C13H21N3O2/c1-10(2)16-8-7-15-12(13(16)17)14-6-5-11-4-3-9-18-11/h7-8,10-11H,3-6,9H2,1-2H3,(H,14,15). The van der Waals surface area contributed by atoms with Crippen molar-refractivity contribution < 1.29 is 4.74 Å². The van der Waals surface area contributed by atoms with Crippen molar-refractivity contribution in [2.24, 2.45) is 0 Å². The van der Waals surface area contributed by atoms with Crippen LogP contribution in [0.25, 0.3) is 0 Å². The number of hydrogen-bond donors (Lipinski definition) is 1. The van der Waals surface area contributed by atoms with Gasteiger partial charge in [0.2, 0.25) is 0 Å². The lowest BCUT2D eigenvalue weighted by Gasteiger charge is -2.13. The van der Waals surface area contributed by atoms with Crippen LogP contribution < -0.4 is 10.9 Å². The number of hydrogen-bond acceptors (Lipinski definition) is 4. The Morgan fingerprint density at radius 1 is 1.61 bits per heavy atom. The first-order valence-corrected chi connectivity index (χ1v) is 6.61. The van der Waals surface area contributed by atoms with E-state index in [1.165, 1.54) is 0 Å². The van der Waals surface area contributed by atoms with Crippen LogP contribution in [0.2, 0.25) is 0 Å².